The van der Waals surface area contributed by atoms with Crippen LogP contribution >= 0.6 is 11.6 Å². The summed E-state index contributed by atoms with van der Waals surface area (Å²) in [6, 6.07) is 0.170. The summed E-state index contributed by atoms with van der Waals surface area (Å²) in [5.74, 6) is 0.734. The van der Waals surface area contributed by atoms with Gasteiger partial charge in [-0.25, -0.2) is 0 Å². The van der Waals surface area contributed by atoms with E-state index in [1.54, 1.807) is 0 Å². The molecule has 84 valence electrons. The van der Waals surface area contributed by atoms with Crippen LogP contribution < -0.4 is 5.32 Å². The summed E-state index contributed by atoms with van der Waals surface area (Å²) in [6.45, 7) is 6.01. The van der Waals surface area contributed by atoms with Gasteiger partial charge in [-0.05, 0) is 38.3 Å². The number of hydrogen-bond donors (Lipinski definition) is 2. The second-order valence-electron chi connectivity index (χ2n) is 3.65. The molecule has 0 radical (unpaired) electrons. The van der Waals surface area contributed by atoms with Crippen LogP contribution in [0.15, 0.2) is 0 Å². The Bertz CT molecular complexity index is 344. The van der Waals surface area contributed by atoms with Crippen molar-refractivity contribution in [2.45, 2.75) is 33.2 Å². The topological polar surface area (TPSA) is 58.0 Å². The molecule has 1 aromatic heterocycles. The van der Waals surface area contributed by atoms with Crippen molar-refractivity contribution in [2.24, 2.45) is 0 Å². The second kappa shape index (κ2) is 5.28. The third kappa shape index (κ3) is 3.04. The molecule has 0 aliphatic carbocycles. The van der Waals surface area contributed by atoms with Gasteiger partial charge in [0.05, 0.1) is 0 Å². The zero-order valence-corrected chi connectivity index (χ0v) is 9.97. The molecule has 0 fully saturated rings. The lowest BCUT2D eigenvalue weighted by atomic mass is 10.2. The molecule has 0 saturated heterocycles. The number of aromatic nitrogens is 2. The Hall–Kier alpha value is -0.870. The largest absolute Gasteiger partial charge is 0.396 e. The highest BCUT2D eigenvalue weighted by Gasteiger charge is 2.09. The first-order chi connectivity index (χ1) is 7.06. The maximum Gasteiger partial charge on any atom is 0.155 e. The molecule has 5 heteroatoms. The van der Waals surface area contributed by atoms with E-state index >= 15 is 0 Å². The monoisotopic (exact) mass is 229 g/mol. The third-order valence-corrected chi connectivity index (χ3v) is 2.77. The number of aliphatic hydroxyl groups is 1. The van der Waals surface area contributed by atoms with Crippen molar-refractivity contribution in [1.29, 1.82) is 0 Å². The summed E-state index contributed by atoms with van der Waals surface area (Å²) in [6.07, 6.45) is 0.683. The molecular weight excluding hydrogens is 214 g/mol. The van der Waals surface area contributed by atoms with Gasteiger partial charge in [0.25, 0.3) is 0 Å². The van der Waals surface area contributed by atoms with Crippen molar-refractivity contribution in [3.05, 3.63) is 16.3 Å². The van der Waals surface area contributed by atoms with E-state index in [0.717, 1.165) is 16.9 Å². The minimum Gasteiger partial charge on any atom is -0.396 e. The summed E-state index contributed by atoms with van der Waals surface area (Å²) in [7, 11) is 0. The number of anilines is 1. The third-order valence-electron chi connectivity index (χ3n) is 2.41. The highest BCUT2D eigenvalue weighted by molar-refractivity contribution is 6.30. The number of hydrogen-bond acceptors (Lipinski definition) is 4. The predicted molar refractivity (Wildman–Crippen MR) is 61.3 cm³/mol. The van der Waals surface area contributed by atoms with Crippen LogP contribution in [-0.4, -0.2) is 28.0 Å². The quantitative estimate of drug-likeness (QED) is 0.829. The fourth-order valence-corrected chi connectivity index (χ4v) is 1.39. The normalized spacial score (nSPS) is 12.6. The predicted octanol–water partition coefficient (Wildman–Crippen LogP) is 1.93. The Balaban J connectivity index is 2.82. The van der Waals surface area contributed by atoms with Crippen molar-refractivity contribution in [3.63, 3.8) is 0 Å². The molecule has 1 atom stereocenters. The number of aliphatic hydroxyl groups excluding tert-OH is 1. The van der Waals surface area contributed by atoms with Crippen LogP contribution in [0.3, 0.4) is 0 Å². The van der Waals surface area contributed by atoms with E-state index in [0.29, 0.717) is 11.6 Å². The van der Waals surface area contributed by atoms with Gasteiger partial charge in [-0.15, -0.1) is 10.2 Å². The SMILES string of the molecule is Cc1c(Cl)nnc(NC(C)CCO)c1C. The Kier molecular flexibility index (Phi) is 4.29. The van der Waals surface area contributed by atoms with Crippen LogP contribution in [0.1, 0.15) is 24.5 Å². The highest BCUT2D eigenvalue weighted by Crippen LogP contribution is 2.21. The van der Waals surface area contributed by atoms with Crippen LogP contribution in [0.4, 0.5) is 5.82 Å². The second-order valence-corrected chi connectivity index (χ2v) is 4.01. The molecule has 0 aromatic carbocycles. The average molecular weight is 230 g/mol. The van der Waals surface area contributed by atoms with Gasteiger partial charge in [0.1, 0.15) is 0 Å². The number of halogens is 1. The summed E-state index contributed by atoms with van der Waals surface area (Å²) < 4.78 is 0. The molecule has 0 amide bonds. The molecule has 2 N–H and O–H groups in total. The highest BCUT2D eigenvalue weighted by atomic mass is 35.5. The minimum absolute atomic E-state index is 0.160. The molecule has 1 aromatic rings. The average Bonchev–Trinajstić information content (AvgIpc) is 2.20. The molecule has 0 aliphatic rings. The van der Waals surface area contributed by atoms with Crippen molar-refractivity contribution in [3.8, 4) is 0 Å². The van der Waals surface area contributed by atoms with E-state index in [-0.39, 0.29) is 12.6 Å². The van der Waals surface area contributed by atoms with Gasteiger partial charge in [0.2, 0.25) is 0 Å². The maximum absolute atomic E-state index is 8.79. The lowest BCUT2D eigenvalue weighted by Crippen LogP contribution is -2.19. The number of nitrogens with one attached hydrogen (secondary N) is 1. The number of nitrogens with zero attached hydrogens (tertiary/aromatic N) is 2. The molecule has 15 heavy (non-hydrogen) atoms. The van der Waals surface area contributed by atoms with Crippen LogP contribution in [0.5, 0.6) is 0 Å². The van der Waals surface area contributed by atoms with E-state index < -0.39 is 0 Å². The van der Waals surface area contributed by atoms with Crippen LogP contribution in [0, 0.1) is 13.8 Å². The first-order valence-corrected chi connectivity index (χ1v) is 5.30. The lowest BCUT2D eigenvalue weighted by Gasteiger charge is -2.15. The summed E-state index contributed by atoms with van der Waals surface area (Å²) in [5.41, 5.74) is 1.94. The fraction of sp³-hybridized carbons (Fsp3) is 0.600. The lowest BCUT2D eigenvalue weighted by molar-refractivity contribution is 0.282. The molecule has 1 unspecified atom stereocenters. The first-order valence-electron chi connectivity index (χ1n) is 4.93. The summed E-state index contributed by atoms with van der Waals surface area (Å²) >= 11 is 5.84. The van der Waals surface area contributed by atoms with Crippen molar-refractivity contribution in [2.75, 3.05) is 11.9 Å². The molecule has 1 rings (SSSR count). The molecular formula is C10H16ClN3O. The van der Waals surface area contributed by atoms with Crippen molar-refractivity contribution >= 4 is 17.4 Å². The van der Waals surface area contributed by atoms with E-state index in [2.05, 4.69) is 15.5 Å². The summed E-state index contributed by atoms with van der Waals surface area (Å²) in [4.78, 5) is 0. The molecule has 0 aliphatic heterocycles. The Labute approximate surface area is 94.7 Å². The van der Waals surface area contributed by atoms with Crippen LogP contribution in [0.2, 0.25) is 5.15 Å². The van der Waals surface area contributed by atoms with Gasteiger partial charge in [-0.3, -0.25) is 0 Å². The zero-order valence-electron chi connectivity index (χ0n) is 9.21. The Morgan fingerprint density at radius 1 is 1.33 bits per heavy atom. The van der Waals surface area contributed by atoms with Crippen molar-refractivity contribution < 1.29 is 5.11 Å². The minimum atomic E-state index is 0.160. The molecule has 4 nitrogen and oxygen atoms in total. The van der Waals surface area contributed by atoms with E-state index in [1.165, 1.54) is 0 Å². The molecule has 0 bridgehead atoms. The van der Waals surface area contributed by atoms with Gasteiger partial charge < -0.3 is 10.4 Å². The van der Waals surface area contributed by atoms with Gasteiger partial charge in [0.15, 0.2) is 11.0 Å². The Morgan fingerprint density at radius 3 is 2.60 bits per heavy atom. The zero-order chi connectivity index (χ0) is 11.4. The standard InChI is InChI=1S/C10H16ClN3O/c1-6(4-5-15)12-10-8(3)7(2)9(11)13-14-10/h6,15H,4-5H2,1-3H3,(H,12,14). The van der Waals surface area contributed by atoms with Gasteiger partial charge in [-0.1, -0.05) is 11.6 Å². The molecule has 1 heterocycles. The molecule has 0 saturated carbocycles. The molecule has 0 spiro atoms. The van der Waals surface area contributed by atoms with E-state index in [9.17, 15) is 0 Å². The van der Waals surface area contributed by atoms with E-state index in [1.807, 2.05) is 20.8 Å². The first kappa shape index (κ1) is 12.2. The van der Waals surface area contributed by atoms with Gasteiger partial charge in [-0.2, -0.15) is 0 Å². The van der Waals surface area contributed by atoms with Crippen LogP contribution in [-0.2, 0) is 0 Å². The van der Waals surface area contributed by atoms with Gasteiger partial charge in [0, 0.05) is 12.6 Å². The smallest absolute Gasteiger partial charge is 0.155 e. The number of rotatable bonds is 4. The van der Waals surface area contributed by atoms with Crippen molar-refractivity contribution in [1.82, 2.24) is 10.2 Å². The fourth-order valence-electron chi connectivity index (χ4n) is 1.21. The summed E-state index contributed by atoms with van der Waals surface area (Å²) in [5, 5.41) is 20.2. The Morgan fingerprint density at radius 2 is 2.00 bits per heavy atom. The van der Waals surface area contributed by atoms with Crippen LogP contribution in [0.25, 0.3) is 0 Å². The van der Waals surface area contributed by atoms with E-state index in [4.69, 9.17) is 16.7 Å². The maximum atomic E-state index is 8.79. The van der Waals surface area contributed by atoms with Gasteiger partial charge >= 0.3 is 0 Å².